The zero-order valence-corrected chi connectivity index (χ0v) is 12.8. The fraction of sp³-hybridized carbons (Fsp3) is 0.294. The summed E-state index contributed by atoms with van der Waals surface area (Å²) in [5.74, 6) is 0.193. The van der Waals surface area contributed by atoms with Crippen molar-refractivity contribution in [3.8, 4) is 0 Å². The van der Waals surface area contributed by atoms with Gasteiger partial charge in [0, 0.05) is 18.4 Å². The third kappa shape index (κ3) is 2.95. The van der Waals surface area contributed by atoms with E-state index in [2.05, 4.69) is 18.0 Å². The number of aromatic nitrogens is 1. The second-order valence-corrected chi connectivity index (χ2v) is 6.27. The van der Waals surface area contributed by atoms with Crippen LogP contribution in [0.5, 0.6) is 0 Å². The van der Waals surface area contributed by atoms with Crippen LogP contribution in [0.4, 0.5) is 5.69 Å². The van der Waals surface area contributed by atoms with E-state index in [9.17, 15) is 4.79 Å². The molecule has 4 heteroatoms. The highest BCUT2D eigenvalue weighted by molar-refractivity contribution is 8.00. The second kappa shape index (κ2) is 6.31. The highest BCUT2D eigenvalue weighted by Gasteiger charge is 2.29. The van der Waals surface area contributed by atoms with Crippen LogP contribution in [0.3, 0.4) is 0 Å². The zero-order valence-electron chi connectivity index (χ0n) is 12.0. The molecule has 108 valence electrons. The summed E-state index contributed by atoms with van der Waals surface area (Å²) in [7, 11) is 0. The Labute approximate surface area is 129 Å². The maximum atomic E-state index is 12.8. The number of rotatable bonds is 4. The molecule has 0 saturated heterocycles. The van der Waals surface area contributed by atoms with Crippen LogP contribution in [0.25, 0.3) is 0 Å². The van der Waals surface area contributed by atoms with Gasteiger partial charge in [0.2, 0.25) is 5.91 Å². The van der Waals surface area contributed by atoms with Gasteiger partial charge < -0.3 is 4.90 Å². The first-order valence-electron chi connectivity index (χ1n) is 7.26. The molecule has 0 radical (unpaired) electrons. The lowest BCUT2D eigenvalue weighted by atomic mass is 10.2. The SMILES string of the molecule is CCC(Sc1ccccn1)C(=O)N1CCc2ccccc21. The van der Waals surface area contributed by atoms with Crippen LogP contribution in [-0.4, -0.2) is 22.7 Å². The van der Waals surface area contributed by atoms with E-state index in [1.807, 2.05) is 41.3 Å². The van der Waals surface area contributed by atoms with E-state index in [0.717, 1.165) is 30.1 Å². The van der Waals surface area contributed by atoms with E-state index < -0.39 is 0 Å². The molecule has 0 fully saturated rings. The maximum Gasteiger partial charge on any atom is 0.240 e. The van der Waals surface area contributed by atoms with Gasteiger partial charge in [-0.1, -0.05) is 43.0 Å². The minimum absolute atomic E-state index is 0.0777. The predicted octanol–water partition coefficient (Wildman–Crippen LogP) is 3.54. The Bertz CT molecular complexity index is 630. The van der Waals surface area contributed by atoms with Crippen molar-refractivity contribution in [2.24, 2.45) is 0 Å². The molecule has 0 spiro atoms. The van der Waals surface area contributed by atoms with Crippen LogP contribution in [0, 0.1) is 0 Å². The minimum atomic E-state index is -0.0777. The van der Waals surface area contributed by atoms with Crippen molar-refractivity contribution in [1.82, 2.24) is 4.98 Å². The molecule has 3 rings (SSSR count). The van der Waals surface area contributed by atoms with Crippen molar-refractivity contribution in [3.05, 3.63) is 54.2 Å². The Morgan fingerprint density at radius 1 is 1.29 bits per heavy atom. The Morgan fingerprint density at radius 2 is 2.10 bits per heavy atom. The molecule has 0 bridgehead atoms. The number of pyridine rings is 1. The van der Waals surface area contributed by atoms with Gasteiger partial charge in [0.25, 0.3) is 0 Å². The number of benzene rings is 1. The molecule has 1 unspecified atom stereocenters. The maximum absolute atomic E-state index is 12.8. The first-order chi connectivity index (χ1) is 10.3. The fourth-order valence-electron chi connectivity index (χ4n) is 2.61. The first-order valence-corrected chi connectivity index (χ1v) is 8.14. The lowest BCUT2D eigenvalue weighted by molar-refractivity contribution is -0.118. The van der Waals surface area contributed by atoms with Crippen molar-refractivity contribution < 1.29 is 4.79 Å². The lowest BCUT2D eigenvalue weighted by Crippen LogP contribution is -2.36. The Hall–Kier alpha value is -1.81. The summed E-state index contributed by atoms with van der Waals surface area (Å²) in [4.78, 5) is 19.1. The van der Waals surface area contributed by atoms with Gasteiger partial charge in [-0.05, 0) is 36.6 Å². The smallest absolute Gasteiger partial charge is 0.240 e. The van der Waals surface area contributed by atoms with Gasteiger partial charge >= 0.3 is 0 Å². The third-order valence-corrected chi connectivity index (χ3v) is 5.00. The van der Waals surface area contributed by atoms with Crippen LogP contribution >= 0.6 is 11.8 Å². The molecular formula is C17H18N2OS. The summed E-state index contributed by atoms with van der Waals surface area (Å²) in [6, 6.07) is 14.0. The fourth-order valence-corrected chi connectivity index (χ4v) is 3.58. The monoisotopic (exact) mass is 298 g/mol. The van der Waals surface area contributed by atoms with Crippen molar-refractivity contribution in [1.29, 1.82) is 0 Å². The summed E-state index contributed by atoms with van der Waals surface area (Å²) in [6.07, 6.45) is 3.52. The molecule has 1 amide bonds. The van der Waals surface area contributed by atoms with Crippen LogP contribution in [0.2, 0.25) is 0 Å². The number of hydrogen-bond donors (Lipinski definition) is 0. The molecule has 1 aliphatic rings. The van der Waals surface area contributed by atoms with Crippen LogP contribution in [0.15, 0.2) is 53.7 Å². The van der Waals surface area contributed by atoms with E-state index in [1.54, 1.807) is 18.0 Å². The van der Waals surface area contributed by atoms with Crippen molar-refractivity contribution in [2.75, 3.05) is 11.4 Å². The van der Waals surface area contributed by atoms with Gasteiger partial charge in [-0.2, -0.15) is 0 Å². The summed E-state index contributed by atoms with van der Waals surface area (Å²) in [6.45, 7) is 2.85. The molecule has 3 nitrogen and oxygen atoms in total. The van der Waals surface area contributed by atoms with Crippen LogP contribution in [-0.2, 0) is 11.2 Å². The summed E-state index contributed by atoms with van der Waals surface area (Å²) in [5, 5.41) is 0.830. The van der Waals surface area contributed by atoms with Gasteiger partial charge in [0.05, 0.1) is 10.3 Å². The average Bonchev–Trinajstić information content (AvgIpc) is 2.97. The molecule has 21 heavy (non-hydrogen) atoms. The largest absolute Gasteiger partial charge is 0.311 e. The van der Waals surface area contributed by atoms with Crippen molar-refractivity contribution >= 4 is 23.4 Å². The number of carbonyl (C=O) groups excluding carboxylic acids is 1. The summed E-state index contributed by atoms with van der Waals surface area (Å²) in [5.41, 5.74) is 2.34. The Kier molecular flexibility index (Phi) is 4.25. The third-order valence-electron chi connectivity index (χ3n) is 3.70. The van der Waals surface area contributed by atoms with Gasteiger partial charge in [-0.25, -0.2) is 4.98 Å². The van der Waals surface area contributed by atoms with E-state index in [4.69, 9.17) is 0 Å². The van der Waals surface area contributed by atoms with E-state index in [0.29, 0.717) is 0 Å². The Balaban J connectivity index is 1.78. The van der Waals surface area contributed by atoms with E-state index in [1.165, 1.54) is 5.56 Å². The number of anilines is 1. The standard InChI is InChI=1S/C17H18N2OS/c1-2-15(21-16-9-5-6-11-18-16)17(20)19-12-10-13-7-3-4-8-14(13)19/h3-9,11,15H,2,10,12H2,1H3. The number of carbonyl (C=O) groups is 1. The molecule has 0 aliphatic carbocycles. The number of amides is 1. The Morgan fingerprint density at radius 3 is 2.86 bits per heavy atom. The molecule has 1 aliphatic heterocycles. The average molecular weight is 298 g/mol. The quantitative estimate of drug-likeness (QED) is 0.809. The molecule has 0 saturated carbocycles. The van der Waals surface area contributed by atoms with Gasteiger partial charge in [-0.3, -0.25) is 4.79 Å². The highest BCUT2D eigenvalue weighted by Crippen LogP contribution is 2.32. The summed E-state index contributed by atoms with van der Waals surface area (Å²) < 4.78 is 0. The van der Waals surface area contributed by atoms with Crippen LogP contribution < -0.4 is 4.90 Å². The topological polar surface area (TPSA) is 33.2 Å². The molecule has 0 N–H and O–H groups in total. The summed E-state index contributed by atoms with van der Waals surface area (Å²) >= 11 is 1.56. The highest BCUT2D eigenvalue weighted by atomic mass is 32.2. The van der Waals surface area contributed by atoms with Gasteiger partial charge in [0.15, 0.2) is 0 Å². The molecule has 1 aromatic heterocycles. The zero-order chi connectivity index (χ0) is 14.7. The normalized spacial score (nSPS) is 14.8. The number of thioether (sulfide) groups is 1. The minimum Gasteiger partial charge on any atom is -0.311 e. The molecule has 2 aromatic rings. The number of nitrogens with zero attached hydrogens (tertiary/aromatic N) is 2. The van der Waals surface area contributed by atoms with Gasteiger partial charge in [0.1, 0.15) is 0 Å². The first kappa shape index (κ1) is 14.1. The van der Waals surface area contributed by atoms with Gasteiger partial charge in [-0.15, -0.1) is 0 Å². The van der Waals surface area contributed by atoms with E-state index in [-0.39, 0.29) is 11.2 Å². The van der Waals surface area contributed by atoms with Crippen molar-refractivity contribution in [3.63, 3.8) is 0 Å². The lowest BCUT2D eigenvalue weighted by Gasteiger charge is -2.22. The van der Waals surface area contributed by atoms with Crippen LogP contribution in [0.1, 0.15) is 18.9 Å². The van der Waals surface area contributed by atoms with E-state index >= 15 is 0 Å². The predicted molar refractivity (Wildman–Crippen MR) is 86.7 cm³/mol. The molecule has 2 heterocycles. The number of hydrogen-bond acceptors (Lipinski definition) is 3. The number of fused-ring (bicyclic) bond motifs is 1. The van der Waals surface area contributed by atoms with Crippen molar-refractivity contribution in [2.45, 2.75) is 30.0 Å². The number of para-hydroxylation sites is 1. The second-order valence-electron chi connectivity index (χ2n) is 5.05. The molecule has 1 aromatic carbocycles. The molecular weight excluding hydrogens is 280 g/mol. The molecule has 1 atom stereocenters.